The molecule has 4 N–H and O–H groups in total. The molecule has 0 saturated carbocycles. The largest absolute Gasteiger partial charge is 0.379 e. The summed E-state index contributed by atoms with van der Waals surface area (Å²) < 4.78 is 16.5. The van der Waals surface area contributed by atoms with Crippen molar-refractivity contribution in [2.45, 2.75) is 82.0 Å². The summed E-state index contributed by atoms with van der Waals surface area (Å²) in [6.45, 7) is 5.80. The van der Waals surface area contributed by atoms with Gasteiger partial charge in [0.25, 0.3) is 0 Å². The van der Waals surface area contributed by atoms with Gasteiger partial charge in [0.2, 0.25) is 11.8 Å². The SMILES string of the molecule is CC(=O)CCCC(=O)NCCCOCCOCCOCCCNC(=O)CCCC[C@H]1SC[C@@H]2NC(=O)N[C@@H]21. The van der Waals surface area contributed by atoms with Crippen molar-refractivity contribution in [3.8, 4) is 0 Å². The lowest BCUT2D eigenvalue weighted by Crippen LogP contribution is -2.36. The van der Waals surface area contributed by atoms with Gasteiger partial charge in [0.15, 0.2) is 0 Å². The van der Waals surface area contributed by atoms with E-state index in [1.165, 1.54) is 6.92 Å². The summed E-state index contributed by atoms with van der Waals surface area (Å²) in [7, 11) is 0. The molecule has 11 nitrogen and oxygen atoms in total. The Kier molecular flexibility index (Phi) is 17.1. The highest BCUT2D eigenvalue weighted by atomic mass is 32.2. The van der Waals surface area contributed by atoms with Gasteiger partial charge in [-0.3, -0.25) is 9.59 Å². The molecule has 0 aromatic carbocycles. The van der Waals surface area contributed by atoms with Crippen LogP contribution in [0, 0.1) is 0 Å². The Morgan fingerprint density at radius 2 is 1.37 bits per heavy atom. The third kappa shape index (κ3) is 14.9. The van der Waals surface area contributed by atoms with E-state index in [1.54, 1.807) is 0 Å². The maximum absolute atomic E-state index is 12.0. The number of urea groups is 1. The maximum Gasteiger partial charge on any atom is 0.315 e. The number of ether oxygens (including phenoxy) is 3. The van der Waals surface area contributed by atoms with Gasteiger partial charge < -0.3 is 40.3 Å². The minimum atomic E-state index is -0.0573. The van der Waals surface area contributed by atoms with Crippen molar-refractivity contribution < 1.29 is 33.4 Å². The highest BCUT2D eigenvalue weighted by Crippen LogP contribution is 2.33. The number of ketones is 1. The summed E-state index contributed by atoms with van der Waals surface area (Å²) in [6.07, 6.45) is 6.32. The van der Waals surface area contributed by atoms with E-state index in [2.05, 4.69) is 21.3 Å². The van der Waals surface area contributed by atoms with Crippen LogP contribution in [0.25, 0.3) is 0 Å². The van der Waals surface area contributed by atoms with Crippen LogP contribution in [0.15, 0.2) is 0 Å². The number of carbonyl (C=O) groups is 4. The van der Waals surface area contributed by atoms with Crippen LogP contribution < -0.4 is 21.3 Å². The van der Waals surface area contributed by atoms with E-state index in [-0.39, 0.29) is 35.7 Å². The van der Waals surface area contributed by atoms with Crippen molar-refractivity contribution in [3.05, 3.63) is 0 Å². The molecule has 0 aliphatic carbocycles. The summed E-state index contributed by atoms with van der Waals surface area (Å²) in [5, 5.41) is 12.1. The molecule has 38 heavy (non-hydrogen) atoms. The summed E-state index contributed by atoms with van der Waals surface area (Å²) in [6, 6.07) is 0.426. The number of hydrogen-bond acceptors (Lipinski definition) is 8. The predicted molar refractivity (Wildman–Crippen MR) is 146 cm³/mol. The van der Waals surface area contributed by atoms with Crippen molar-refractivity contribution in [1.29, 1.82) is 0 Å². The van der Waals surface area contributed by atoms with Crippen molar-refractivity contribution >= 4 is 35.4 Å². The average Bonchev–Trinajstić information content (AvgIpc) is 3.43. The first-order valence-corrected chi connectivity index (χ1v) is 14.9. The van der Waals surface area contributed by atoms with Gasteiger partial charge in [-0.05, 0) is 39.0 Å². The van der Waals surface area contributed by atoms with Gasteiger partial charge in [-0.1, -0.05) is 6.42 Å². The number of fused-ring (bicyclic) bond motifs is 1. The normalized spacial score (nSPS) is 20.0. The molecule has 2 aliphatic heterocycles. The lowest BCUT2D eigenvalue weighted by molar-refractivity contribution is -0.122. The Labute approximate surface area is 230 Å². The Morgan fingerprint density at radius 3 is 1.97 bits per heavy atom. The molecule has 218 valence electrons. The molecular formula is C26H46N4O7S. The van der Waals surface area contributed by atoms with E-state index in [9.17, 15) is 19.2 Å². The second kappa shape index (κ2) is 20.1. The monoisotopic (exact) mass is 558 g/mol. The van der Waals surface area contributed by atoms with Gasteiger partial charge in [-0.15, -0.1) is 0 Å². The fourth-order valence-corrected chi connectivity index (χ4v) is 5.84. The Hall–Kier alpha value is -1.89. The predicted octanol–water partition coefficient (Wildman–Crippen LogP) is 1.53. The minimum Gasteiger partial charge on any atom is -0.379 e. The molecule has 2 rings (SSSR count). The number of hydrogen-bond donors (Lipinski definition) is 4. The van der Waals surface area contributed by atoms with Crippen molar-refractivity contribution in [2.24, 2.45) is 0 Å². The van der Waals surface area contributed by atoms with E-state index >= 15 is 0 Å². The first-order chi connectivity index (χ1) is 18.5. The Morgan fingerprint density at radius 1 is 0.789 bits per heavy atom. The van der Waals surface area contributed by atoms with Gasteiger partial charge in [0, 0.05) is 56.6 Å². The Bertz CT molecular complexity index is 728. The summed E-state index contributed by atoms with van der Waals surface area (Å²) in [5.74, 6) is 1.12. The highest BCUT2D eigenvalue weighted by molar-refractivity contribution is 8.00. The molecule has 0 aromatic rings. The van der Waals surface area contributed by atoms with Crippen molar-refractivity contribution in [2.75, 3.05) is 58.5 Å². The molecule has 12 heteroatoms. The lowest BCUT2D eigenvalue weighted by Gasteiger charge is -2.16. The van der Waals surface area contributed by atoms with Gasteiger partial charge >= 0.3 is 6.03 Å². The number of amides is 4. The van der Waals surface area contributed by atoms with E-state index in [0.717, 1.165) is 37.9 Å². The molecule has 3 atom stereocenters. The van der Waals surface area contributed by atoms with Crippen LogP contribution in [0.2, 0.25) is 0 Å². The lowest BCUT2D eigenvalue weighted by atomic mass is 10.0. The first kappa shape index (κ1) is 32.3. The molecule has 0 bridgehead atoms. The molecule has 0 spiro atoms. The molecule has 4 amide bonds. The smallest absolute Gasteiger partial charge is 0.315 e. The van der Waals surface area contributed by atoms with E-state index in [1.807, 2.05) is 11.8 Å². The topological polar surface area (TPSA) is 144 Å². The number of carbonyl (C=O) groups excluding carboxylic acids is 4. The zero-order valence-electron chi connectivity index (χ0n) is 22.7. The second-order valence-corrected chi connectivity index (χ2v) is 10.9. The first-order valence-electron chi connectivity index (χ1n) is 13.9. The van der Waals surface area contributed by atoms with Crippen LogP contribution in [0.4, 0.5) is 4.79 Å². The van der Waals surface area contributed by atoms with Crippen molar-refractivity contribution in [3.63, 3.8) is 0 Å². The maximum atomic E-state index is 12.0. The average molecular weight is 559 g/mol. The third-order valence-electron chi connectivity index (χ3n) is 6.33. The quantitative estimate of drug-likeness (QED) is 0.109. The fraction of sp³-hybridized carbons (Fsp3) is 0.846. The van der Waals surface area contributed by atoms with Crippen LogP contribution in [-0.4, -0.2) is 99.4 Å². The molecular weight excluding hydrogens is 512 g/mol. The number of thioether (sulfide) groups is 1. The van der Waals surface area contributed by atoms with Crippen LogP contribution in [-0.2, 0) is 28.6 Å². The van der Waals surface area contributed by atoms with Crippen molar-refractivity contribution in [1.82, 2.24) is 21.3 Å². The van der Waals surface area contributed by atoms with Crippen LogP contribution in [0.1, 0.15) is 64.7 Å². The minimum absolute atomic E-state index is 0.0276. The zero-order valence-corrected chi connectivity index (χ0v) is 23.5. The number of Topliss-reactive ketones (excluding diaryl/α,β-unsaturated/α-hetero) is 1. The van der Waals surface area contributed by atoms with Gasteiger partial charge in [0.05, 0.1) is 38.5 Å². The highest BCUT2D eigenvalue weighted by Gasteiger charge is 2.42. The molecule has 2 heterocycles. The molecule has 0 unspecified atom stereocenters. The molecule has 0 aromatic heterocycles. The molecule has 2 saturated heterocycles. The summed E-state index contributed by atoms with van der Waals surface area (Å²) >= 11 is 1.91. The molecule has 0 radical (unpaired) electrons. The second-order valence-electron chi connectivity index (χ2n) is 9.67. The number of unbranched alkanes of at least 4 members (excludes halogenated alkanes) is 1. The number of nitrogens with one attached hydrogen (secondary N) is 4. The zero-order chi connectivity index (χ0) is 27.4. The van der Waals surface area contributed by atoms with Crippen LogP contribution in [0.3, 0.4) is 0 Å². The van der Waals surface area contributed by atoms with Gasteiger partial charge in [-0.25, -0.2) is 4.79 Å². The van der Waals surface area contributed by atoms with Crippen LogP contribution >= 0.6 is 11.8 Å². The number of rotatable bonds is 23. The summed E-state index contributed by atoms with van der Waals surface area (Å²) in [4.78, 5) is 45.8. The Balaban J connectivity index is 1.25. The van der Waals surface area contributed by atoms with E-state index < -0.39 is 0 Å². The standard InChI is InChI=1S/C26H46N4O7S/c1-20(31)7-4-10-24(33)28-12-6-14-36-16-18-37-17-15-35-13-5-11-27-23(32)9-3-2-8-22-25-21(19-38-22)29-26(34)30-25/h21-22,25H,2-19H2,1H3,(H,27,32)(H,28,33)(H2,29,30,34)/t21-,22+,25-/m0/s1. The van der Waals surface area contributed by atoms with E-state index in [0.29, 0.717) is 83.7 Å². The van der Waals surface area contributed by atoms with Gasteiger partial charge in [-0.2, -0.15) is 11.8 Å². The van der Waals surface area contributed by atoms with Crippen LogP contribution in [0.5, 0.6) is 0 Å². The van der Waals surface area contributed by atoms with Gasteiger partial charge in [0.1, 0.15) is 5.78 Å². The van der Waals surface area contributed by atoms with E-state index in [4.69, 9.17) is 14.2 Å². The summed E-state index contributed by atoms with van der Waals surface area (Å²) in [5.41, 5.74) is 0. The fourth-order valence-electron chi connectivity index (χ4n) is 4.29. The molecule has 2 aliphatic rings. The third-order valence-corrected chi connectivity index (χ3v) is 7.84. The molecule has 2 fully saturated rings.